The van der Waals surface area contributed by atoms with Gasteiger partial charge in [0.15, 0.2) is 0 Å². The number of carbonyl (C=O) groups excluding carboxylic acids is 1. The topological polar surface area (TPSA) is 70.1 Å². The lowest BCUT2D eigenvalue weighted by atomic mass is 10.0. The van der Waals surface area contributed by atoms with E-state index in [-0.39, 0.29) is 17.6 Å². The third-order valence-electron chi connectivity index (χ3n) is 6.47. The van der Waals surface area contributed by atoms with Gasteiger partial charge in [-0.25, -0.2) is 4.79 Å². The minimum absolute atomic E-state index is 0.0170. The number of nitrogens with one attached hydrogen (secondary N) is 2. The monoisotopic (exact) mass is 434 g/mol. The Morgan fingerprint density at radius 3 is 2.53 bits per heavy atom. The lowest BCUT2D eigenvalue weighted by molar-refractivity contribution is -0.117. The van der Waals surface area contributed by atoms with Crippen LogP contribution >= 0.6 is 0 Å². The van der Waals surface area contributed by atoms with Crippen LogP contribution in [-0.2, 0) is 11.2 Å². The number of carbonyl (C=O) groups is 1. The number of anilines is 1. The highest BCUT2D eigenvalue weighted by Crippen LogP contribution is 2.24. The highest BCUT2D eigenvalue weighted by molar-refractivity contribution is 5.92. The van der Waals surface area contributed by atoms with Crippen LogP contribution in [0.25, 0.3) is 11.0 Å². The van der Waals surface area contributed by atoms with E-state index >= 15 is 0 Å². The highest BCUT2D eigenvalue weighted by Gasteiger charge is 2.24. The Bertz CT molecular complexity index is 1080. The first-order valence-electron chi connectivity index (χ1n) is 11.9. The number of unbranched alkanes of at least 4 members (excludes halogenated alkanes) is 3. The number of piperidine rings is 1. The van der Waals surface area contributed by atoms with Crippen LogP contribution in [0, 0.1) is 0 Å². The predicted octanol–water partition coefficient (Wildman–Crippen LogP) is 4.73. The largest absolute Gasteiger partial charge is 0.326 e. The van der Waals surface area contributed by atoms with Crippen molar-refractivity contribution in [2.45, 2.75) is 57.9 Å². The SMILES string of the molecule is CCCCCCc1ccc(NC(=O)CN2CCC(n3c(=O)[nH]c4ccccc43)CC2)cc1. The average molecular weight is 435 g/mol. The highest BCUT2D eigenvalue weighted by atomic mass is 16.2. The van der Waals surface area contributed by atoms with E-state index in [0.717, 1.165) is 49.1 Å². The minimum Gasteiger partial charge on any atom is -0.325 e. The Morgan fingerprint density at radius 1 is 1.03 bits per heavy atom. The number of H-pyrrole nitrogens is 1. The molecule has 0 atom stereocenters. The number of amides is 1. The van der Waals surface area contributed by atoms with Crippen molar-refractivity contribution in [2.24, 2.45) is 0 Å². The lowest BCUT2D eigenvalue weighted by Gasteiger charge is -2.32. The van der Waals surface area contributed by atoms with Gasteiger partial charge in [-0.05, 0) is 55.5 Å². The molecule has 170 valence electrons. The van der Waals surface area contributed by atoms with Crippen LogP contribution in [0.15, 0.2) is 53.3 Å². The molecule has 1 amide bonds. The van der Waals surface area contributed by atoms with E-state index in [4.69, 9.17) is 0 Å². The maximum Gasteiger partial charge on any atom is 0.326 e. The molecule has 2 heterocycles. The molecule has 2 N–H and O–H groups in total. The van der Waals surface area contributed by atoms with Crippen LogP contribution in [-0.4, -0.2) is 40.0 Å². The van der Waals surface area contributed by atoms with E-state index in [2.05, 4.69) is 34.3 Å². The summed E-state index contributed by atoms with van der Waals surface area (Å²) < 4.78 is 1.89. The molecule has 6 heteroatoms. The van der Waals surface area contributed by atoms with Gasteiger partial charge in [0.1, 0.15) is 0 Å². The third kappa shape index (κ3) is 5.49. The number of fused-ring (bicyclic) bond motifs is 1. The molecule has 1 aromatic heterocycles. The van der Waals surface area contributed by atoms with Crippen LogP contribution in [0.1, 0.15) is 57.1 Å². The molecule has 0 saturated carbocycles. The number of likely N-dealkylation sites (tertiary alicyclic amines) is 1. The zero-order valence-electron chi connectivity index (χ0n) is 19.0. The normalized spacial score (nSPS) is 15.3. The molecule has 32 heavy (non-hydrogen) atoms. The first-order valence-corrected chi connectivity index (χ1v) is 11.9. The van der Waals surface area contributed by atoms with Crippen molar-refractivity contribution < 1.29 is 4.79 Å². The van der Waals surface area contributed by atoms with Gasteiger partial charge in [-0.15, -0.1) is 0 Å². The van der Waals surface area contributed by atoms with E-state index in [1.807, 2.05) is 41.0 Å². The van der Waals surface area contributed by atoms with E-state index in [9.17, 15) is 9.59 Å². The predicted molar refractivity (Wildman–Crippen MR) is 130 cm³/mol. The van der Waals surface area contributed by atoms with Gasteiger partial charge in [-0.3, -0.25) is 14.3 Å². The summed E-state index contributed by atoms with van der Waals surface area (Å²) in [6.07, 6.45) is 7.88. The fraction of sp³-hybridized carbons (Fsp3) is 0.462. The smallest absolute Gasteiger partial charge is 0.325 e. The van der Waals surface area contributed by atoms with Crippen LogP contribution in [0.4, 0.5) is 5.69 Å². The second-order valence-electron chi connectivity index (χ2n) is 8.88. The van der Waals surface area contributed by atoms with Gasteiger partial charge >= 0.3 is 5.69 Å². The second-order valence-corrected chi connectivity index (χ2v) is 8.88. The minimum atomic E-state index is -0.0452. The number of nitrogens with zero attached hydrogens (tertiary/aromatic N) is 2. The summed E-state index contributed by atoms with van der Waals surface area (Å²) in [6.45, 7) is 4.22. The van der Waals surface area contributed by atoms with Crippen LogP contribution in [0.3, 0.4) is 0 Å². The summed E-state index contributed by atoms with van der Waals surface area (Å²) in [5.74, 6) is 0.0170. The number of aryl methyl sites for hydroxylation is 1. The van der Waals surface area contributed by atoms with Crippen LogP contribution in [0.5, 0.6) is 0 Å². The summed E-state index contributed by atoms with van der Waals surface area (Å²) in [4.78, 5) is 30.1. The van der Waals surface area contributed by atoms with Gasteiger partial charge < -0.3 is 10.3 Å². The lowest BCUT2D eigenvalue weighted by Crippen LogP contribution is -2.40. The van der Waals surface area contributed by atoms with Gasteiger partial charge in [-0.2, -0.15) is 0 Å². The Kier molecular flexibility index (Phi) is 7.43. The van der Waals surface area contributed by atoms with E-state index in [1.54, 1.807) is 0 Å². The quantitative estimate of drug-likeness (QED) is 0.479. The molecule has 0 aliphatic carbocycles. The number of aromatic amines is 1. The zero-order valence-corrected chi connectivity index (χ0v) is 19.0. The summed E-state index contributed by atoms with van der Waals surface area (Å²) in [7, 11) is 0. The number of hydrogen-bond acceptors (Lipinski definition) is 3. The first kappa shape index (κ1) is 22.3. The standard InChI is InChI=1S/C26H34N4O2/c1-2-3-4-5-8-20-11-13-21(14-12-20)27-25(31)19-29-17-15-22(16-18-29)30-24-10-7-6-9-23(24)28-26(30)32/h6-7,9-14,22H,2-5,8,15-19H2,1H3,(H,27,31)(H,28,32). The van der Waals surface area contributed by atoms with Crippen molar-refractivity contribution in [1.29, 1.82) is 0 Å². The molecule has 3 aromatic rings. The Morgan fingerprint density at radius 2 is 1.78 bits per heavy atom. The molecule has 1 saturated heterocycles. The summed E-state index contributed by atoms with van der Waals surface area (Å²) in [5, 5.41) is 3.02. The van der Waals surface area contributed by atoms with E-state index < -0.39 is 0 Å². The number of aromatic nitrogens is 2. The van der Waals surface area contributed by atoms with Gasteiger partial charge in [0.25, 0.3) is 0 Å². The molecule has 0 unspecified atom stereocenters. The number of benzene rings is 2. The zero-order chi connectivity index (χ0) is 22.3. The van der Waals surface area contributed by atoms with Crippen LogP contribution < -0.4 is 11.0 Å². The maximum atomic E-state index is 12.5. The fourth-order valence-corrected chi connectivity index (χ4v) is 4.69. The van der Waals surface area contributed by atoms with Gasteiger partial charge in [0, 0.05) is 24.8 Å². The van der Waals surface area contributed by atoms with Gasteiger partial charge in [-0.1, -0.05) is 50.5 Å². The number of hydrogen-bond donors (Lipinski definition) is 2. The Hall–Kier alpha value is -2.86. The molecule has 1 fully saturated rings. The third-order valence-corrected chi connectivity index (χ3v) is 6.47. The van der Waals surface area contributed by atoms with Gasteiger partial charge in [0.05, 0.1) is 17.6 Å². The molecule has 2 aromatic carbocycles. The molecule has 0 spiro atoms. The van der Waals surface area contributed by atoms with E-state index in [1.165, 1.54) is 31.2 Å². The summed E-state index contributed by atoms with van der Waals surface area (Å²) in [6, 6.07) is 16.2. The van der Waals surface area contributed by atoms with Crippen molar-refractivity contribution >= 4 is 22.6 Å². The van der Waals surface area contributed by atoms with Crippen molar-refractivity contribution in [3.05, 3.63) is 64.6 Å². The molecule has 0 bridgehead atoms. The number of imidazole rings is 1. The molecule has 1 aliphatic rings. The Labute approximate surface area is 189 Å². The van der Waals surface area contributed by atoms with Crippen molar-refractivity contribution in [3.8, 4) is 0 Å². The first-order chi connectivity index (χ1) is 15.6. The molecule has 1 aliphatic heterocycles. The average Bonchev–Trinajstić information content (AvgIpc) is 3.14. The Balaban J connectivity index is 1.25. The number of para-hydroxylation sites is 2. The molecule has 6 nitrogen and oxygen atoms in total. The van der Waals surface area contributed by atoms with Crippen molar-refractivity contribution in [1.82, 2.24) is 14.5 Å². The number of rotatable bonds is 9. The second kappa shape index (κ2) is 10.6. The summed E-state index contributed by atoms with van der Waals surface area (Å²) in [5.41, 5.74) is 3.98. The van der Waals surface area contributed by atoms with Crippen LogP contribution in [0.2, 0.25) is 0 Å². The fourth-order valence-electron chi connectivity index (χ4n) is 4.69. The van der Waals surface area contributed by atoms with E-state index in [0.29, 0.717) is 6.54 Å². The molecular weight excluding hydrogens is 400 g/mol. The van der Waals surface area contributed by atoms with Crippen molar-refractivity contribution in [3.63, 3.8) is 0 Å². The summed E-state index contributed by atoms with van der Waals surface area (Å²) >= 11 is 0. The van der Waals surface area contributed by atoms with Crippen molar-refractivity contribution in [2.75, 3.05) is 25.0 Å². The maximum absolute atomic E-state index is 12.5. The molecule has 0 radical (unpaired) electrons. The molecule has 4 rings (SSSR count). The molecular formula is C26H34N4O2. The van der Waals surface area contributed by atoms with Gasteiger partial charge in [0.2, 0.25) is 5.91 Å².